The number of hydrogen-bond donors (Lipinski definition) is 1. The standard InChI is InChI=1S/C15H14N2O2S/c1-17(15(19)13-4-2-6-16-9-13)10-12-8-14(20-11-12)5-3-7-18/h2,4,6,8-9,11,18H,7,10H2,1H3. The van der Waals surface area contributed by atoms with Gasteiger partial charge in [-0.25, -0.2) is 0 Å². The molecule has 0 saturated carbocycles. The molecule has 0 unspecified atom stereocenters. The number of thiophene rings is 1. The first-order chi connectivity index (χ1) is 9.70. The normalized spacial score (nSPS) is 9.70. The third-order valence-electron chi connectivity index (χ3n) is 2.62. The van der Waals surface area contributed by atoms with Gasteiger partial charge in [-0.15, -0.1) is 11.3 Å². The van der Waals surface area contributed by atoms with Crippen LogP contribution in [0.25, 0.3) is 0 Å². The largest absolute Gasteiger partial charge is 0.384 e. The maximum Gasteiger partial charge on any atom is 0.255 e. The van der Waals surface area contributed by atoms with E-state index in [-0.39, 0.29) is 12.5 Å². The Kier molecular flexibility index (Phi) is 4.88. The van der Waals surface area contributed by atoms with Crippen molar-refractivity contribution in [2.75, 3.05) is 13.7 Å². The average Bonchev–Trinajstić information content (AvgIpc) is 2.92. The predicted octanol–water partition coefficient (Wildman–Crippen LogP) is 1.76. The van der Waals surface area contributed by atoms with Crippen LogP contribution in [0.3, 0.4) is 0 Å². The molecule has 0 aliphatic carbocycles. The highest BCUT2D eigenvalue weighted by molar-refractivity contribution is 7.10. The van der Waals surface area contributed by atoms with Gasteiger partial charge in [0.2, 0.25) is 0 Å². The molecule has 0 saturated heterocycles. The van der Waals surface area contributed by atoms with Crippen LogP contribution in [-0.2, 0) is 6.54 Å². The van der Waals surface area contributed by atoms with Gasteiger partial charge < -0.3 is 10.0 Å². The van der Waals surface area contributed by atoms with Crippen LogP contribution in [0, 0.1) is 11.8 Å². The van der Waals surface area contributed by atoms with Crippen LogP contribution in [0.5, 0.6) is 0 Å². The summed E-state index contributed by atoms with van der Waals surface area (Å²) in [6, 6.07) is 5.42. The molecule has 20 heavy (non-hydrogen) atoms. The lowest BCUT2D eigenvalue weighted by molar-refractivity contribution is 0.0785. The Bertz CT molecular complexity index is 641. The molecule has 2 rings (SSSR count). The summed E-state index contributed by atoms with van der Waals surface area (Å²) in [4.78, 5) is 18.6. The number of carbonyl (C=O) groups is 1. The summed E-state index contributed by atoms with van der Waals surface area (Å²) in [5.41, 5.74) is 1.60. The molecule has 2 aromatic heterocycles. The highest BCUT2D eigenvalue weighted by atomic mass is 32.1. The minimum absolute atomic E-state index is 0.0627. The molecule has 0 aliphatic heterocycles. The molecule has 1 N–H and O–H groups in total. The Morgan fingerprint density at radius 3 is 3.10 bits per heavy atom. The zero-order chi connectivity index (χ0) is 14.4. The van der Waals surface area contributed by atoms with E-state index in [9.17, 15) is 4.79 Å². The Hall–Kier alpha value is -2.16. The van der Waals surface area contributed by atoms with Gasteiger partial charge in [-0.1, -0.05) is 11.8 Å². The fourth-order valence-electron chi connectivity index (χ4n) is 1.71. The van der Waals surface area contributed by atoms with Crippen molar-refractivity contribution in [2.45, 2.75) is 6.54 Å². The van der Waals surface area contributed by atoms with Gasteiger partial charge in [0, 0.05) is 26.0 Å². The van der Waals surface area contributed by atoms with E-state index < -0.39 is 0 Å². The summed E-state index contributed by atoms with van der Waals surface area (Å²) in [5.74, 6) is 5.40. The first kappa shape index (κ1) is 14.3. The van der Waals surface area contributed by atoms with E-state index in [1.165, 1.54) is 11.3 Å². The summed E-state index contributed by atoms with van der Waals surface area (Å²) in [7, 11) is 1.76. The molecule has 0 aromatic carbocycles. The Morgan fingerprint density at radius 2 is 2.40 bits per heavy atom. The number of aliphatic hydroxyl groups is 1. The van der Waals surface area contributed by atoms with E-state index in [4.69, 9.17) is 5.11 Å². The second-order valence-corrected chi connectivity index (χ2v) is 5.09. The number of carbonyl (C=O) groups excluding carboxylic acids is 1. The molecule has 0 atom stereocenters. The first-order valence-electron chi connectivity index (χ1n) is 6.03. The topological polar surface area (TPSA) is 53.4 Å². The van der Waals surface area contributed by atoms with E-state index >= 15 is 0 Å². The predicted molar refractivity (Wildman–Crippen MR) is 78.3 cm³/mol. The SMILES string of the molecule is CN(Cc1csc(C#CCO)c1)C(=O)c1cccnc1. The Labute approximate surface area is 121 Å². The van der Waals surface area contributed by atoms with Crippen LogP contribution >= 0.6 is 11.3 Å². The third kappa shape index (κ3) is 3.67. The van der Waals surface area contributed by atoms with Crippen LogP contribution in [0.4, 0.5) is 0 Å². The minimum atomic E-state index is -0.146. The summed E-state index contributed by atoms with van der Waals surface area (Å²) in [6.07, 6.45) is 3.20. The second-order valence-electron chi connectivity index (χ2n) is 4.18. The van der Waals surface area contributed by atoms with E-state index in [1.807, 2.05) is 11.4 Å². The summed E-state index contributed by atoms with van der Waals surface area (Å²) in [6.45, 7) is 0.373. The van der Waals surface area contributed by atoms with Crippen molar-refractivity contribution >= 4 is 17.2 Å². The lowest BCUT2D eigenvalue weighted by Gasteiger charge is -2.16. The Balaban J connectivity index is 2.02. The van der Waals surface area contributed by atoms with Gasteiger partial charge in [-0.2, -0.15) is 0 Å². The fraction of sp³-hybridized carbons (Fsp3) is 0.200. The third-order valence-corrected chi connectivity index (χ3v) is 3.51. The minimum Gasteiger partial charge on any atom is -0.384 e. The molecular formula is C15H14N2O2S. The van der Waals surface area contributed by atoms with Gasteiger partial charge in [-0.3, -0.25) is 9.78 Å². The lowest BCUT2D eigenvalue weighted by atomic mass is 10.2. The van der Waals surface area contributed by atoms with Crippen LogP contribution < -0.4 is 0 Å². The molecule has 4 nitrogen and oxygen atoms in total. The lowest BCUT2D eigenvalue weighted by Crippen LogP contribution is -2.26. The highest BCUT2D eigenvalue weighted by Gasteiger charge is 2.12. The smallest absolute Gasteiger partial charge is 0.255 e. The summed E-state index contributed by atoms with van der Waals surface area (Å²) in [5, 5.41) is 10.6. The maximum atomic E-state index is 12.2. The summed E-state index contributed by atoms with van der Waals surface area (Å²) >= 11 is 1.50. The van der Waals surface area contributed by atoms with Crippen LogP contribution in [0.2, 0.25) is 0 Å². The van der Waals surface area contributed by atoms with Crippen LogP contribution in [0.15, 0.2) is 36.0 Å². The number of aromatic nitrogens is 1. The number of pyridine rings is 1. The van der Waals surface area contributed by atoms with Gasteiger partial charge in [0.25, 0.3) is 5.91 Å². The number of nitrogens with zero attached hydrogens (tertiary/aromatic N) is 2. The van der Waals surface area contributed by atoms with Crippen LogP contribution in [0.1, 0.15) is 20.8 Å². The van der Waals surface area contributed by atoms with Gasteiger partial charge in [0.1, 0.15) is 6.61 Å². The molecule has 2 aromatic rings. The van der Waals surface area contributed by atoms with Crippen LogP contribution in [-0.4, -0.2) is 34.6 Å². The van der Waals surface area contributed by atoms with Crippen molar-refractivity contribution in [3.05, 3.63) is 52.0 Å². The number of hydrogen-bond acceptors (Lipinski definition) is 4. The Morgan fingerprint density at radius 1 is 1.55 bits per heavy atom. The second kappa shape index (κ2) is 6.85. The molecule has 5 heteroatoms. The fourth-order valence-corrected chi connectivity index (χ4v) is 2.48. The highest BCUT2D eigenvalue weighted by Crippen LogP contribution is 2.16. The van der Waals surface area contributed by atoms with E-state index in [1.54, 1.807) is 36.5 Å². The molecule has 0 bridgehead atoms. The van der Waals surface area contributed by atoms with Crippen molar-refractivity contribution in [3.63, 3.8) is 0 Å². The van der Waals surface area contributed by atoms with Crippen molar-refractivity contribution in [2.24, 2.45) is 0 Å². The zero-order valence-corrected chi connectivity index (χ0v) is 11.9. The van der Waals surface area contributed by atoms with E-state index in [0.29, 0.717) is 12.1 Å². The number of amides is 1. The van der Waals surface area contributed by atoms with Gasteiger partial charge in [-0.05, 0) is 29.1 Å². The maximum absolute atomic E-state index is 12.2. The van der Waals surface area contributed by atoms with E-state index in [0.717, 1.165) is 10.4 Å². The molecule has 1 amide bonds. The quantitative estimate of drug-likeness (QED) is 0.875. The molecule has 0 fully saturated rings. The number of rotatable bonds is 3. The molecule has 2 heterocycles. The van der Waals surface area contributed by atoms with Crippen molar-refractivity contribution in [1.82, 2.24) is 9.88 Å². The van der Waals surface area contributed by atoms with Crippen molar-refractivity contribution in [3.8, 4) is 11.8 Å². The van der Waals surface area contributed by atoms with Gasteiger partial charge in [0.05, 0.1) is 10.4 Å². The monoisotopic (exact) mass is 286 g/mol. The molecule has 0 aliphatic rings. The zero-order valence-electron chi connectivity index (χ0n) is 11.0. The van der Waals surface area contributed by atoms with Crippen molar-refractivity contribution < 1.29 is 9.90 Å². The molecule has 0 radical (unpaired) electrons. The molecular weight excluding hydrogens is 272 g/mol. The first-order valence-corrected chi connectivity index (χ1v) is 6.91. The van der Waals surface area contributed by atoms with Gasteiger partial charge in [0.15, 0.2) is 0 Å². The average molecular weight is 286 g/mol. The van der Waals surface area contributed by atoms with Crippen molar-refractivity contribution in [1.29, 1.82) is 0 Å². The van der Waals surface area contributed by atoms with Gasteiger partial charge >= 0.3 is 0 Å². The molecule has 102 valence electrons. The van der Waals surface area contributed by atoms with E-state index in [2.05, 4.69) is 16.8 Å². The molecule has 0 spiro atoms. The number of aliphatic hydroxyl groups excluding tert-OH is 1. The summed E-state index contributed by atoms with van der Waals surface area (Å²) < 4.78 is 0.